The number of nitrogens with zero attached hydrogens (tertiary/aromatic N) is 3. The number of carbonyl (C=O) groups is 1. The zero-order chi connectivity index (χ0) is 23.4. The number of aromatic nitrogens is 3. The zero-order valence-corrected chi connectivity index (χ0v) is 20.1. The Labute approximate surface area is 198 Å². The second kappa shape index (κ2) is 10.1. The van der Waals surface area contributed by atoms with E-state index in [0.29, 0.717) is 29.0 Å². The minimum Gasteiger partial charge on any atom is -0.491 e. The second-order valence-electron chi connectivity index (χ2n) is 7.96. The molecule has 2 heterocycles. The predicted octanol–water partition coefficient (Wildman–Crippen LogP) is 5.21. The normalized spacial score (nSPS) is 15.2. The molecule has 0 amide bonds. The van der Waals surface area contributed by atoms with Crippen molar-refractivity contribution in [3.63, 3.8) is 0 Å². The van der Waals surface area contributed by atoms with Crippen LogP contribution in [0.2, 0.25) is 0 Å². The highest BCUT2D eigenvalue weighted by Gasteiger charge is 2.35. The molecule has 2 aromatic carbocycles. The number of hydrogen-bond donors (Lipinski definition) is 1. The predicted molar refractivity (Wildman–Crippen MR) is 129 cm³/mol. The second-order valence-corrected chi connectivity index (χ2v) is 8.90. The van der Waals surface area contributed by atoms with Crippen LogP contribution in [0.4, 0.5) is 5.95 Å². The number of carbonyl (C=O) groups excluding carboxylic acids is 1. The van der Waals surface area contributed by atoms with Crippen LogP contribution >= 0.6 is 11.8 Å². The number of fused-ring (bicyclic) bond motifs is 1. The van der Waals surface area contributed by atoms with E-state index in [1.807, 2.05) is 63.2 Å². The van der Waals surface area contributed by atoms with Crippen molar-refractivity contribution < 1.29 is 14.3 Å². The van der Waals surface area contributed by atoms with Crippen molar-refractivity contribution in [1.82, 2.24) is 14.8 Å². The van der Waals surface area contributed by atoms with Crippen molar-refractivity contribution in [3.05, 3.63) is 77.0 Å². The summed E-state index contributed by atoms with van der Waals surface area (Å²) in [6.45, 7) is 7.94. The molecule has 3 aromatic rings. The van der Waals surface area contributed by atoms with Gasteiger partial charge in [-0.05, 0) is 51.0 Å². The first-order chi connectivity index (χ1) is 16.0. The topological polar surface area (TPSA) is 78.3 Å². The number of ether oxygens (including phenoxy) is 2. The first kappa shape index (κ1) is 22.9. The van der Waals surface area contributed by atoms with Crippen molar-refractivity contribution in [2.45, 2.75) is 50.8 Å². The first-order valence-electron chi connectivity index (χ1n) is 11.0. The van der Waals surface area contributed by atoms with Crippen LogP contribution in [0.25, 0.3) is 0 Å². The molecule has 4 rings (SSSR count). The van der Waals surface area contributed by atoms with E-state index in [1.165, 1.54) is 5.56 Å². The Balaban J connectivity index is 1.68. The van der Waals surface area contributed by atoms with Crippen LogP contribution < -0.4 is 10.1 Å². The molecule has 0 saturated carbocycles. The Morgan fingerprint density at radius 3 is 2.55 bits per heavy atom. The molecular weight excluding hydrogens is 436 g/mol. The Kier molecular flexibility index (Phi) is 7.03. The van der Waals surface area contributed by atoms with E-state index < -0.39 is 6.04 Å². The fourth-order valence-corrected chi connectivity index (χ4v) is 4.48. The van der Waals surface area contributed by atoms with Gasteiger partial charge in [0.1, 0.15) is 11.8 Å². The molecule has 1 N–H and O–H groups in total. The maximum absolute atomic E-state index is 12.9. The third kappa shape index (κ3) is 5.22. The number of anilines is 1. The highest BCUT2D eigenvalue weighted by atomic mass is 32.2. The Morgan fingerprint density at radius 1 is 1.15 bits per heavy atom. The standard InChI is InChI=1S/C25H28N4O3S/c1-5-31-23(30)21-17(4)26-24-27-25(33-15-18-9-7-6-8-10-18)28-29(24)22(21)19-11-13-20(14-12-19)32-16(2)3/h6-14,16,22H,5,15H2,1-4H3,(H,26,27,28). The lowest BCUT2D eigenvalue weighted by Gasteiger charge is -2.28. The number of allylic oxidation sites excluding steroid dienone is 1. The van der Waals surface area contributed by atoms with Crippen LogP contribution in [0.5, 0.6) is 5.75 Å². The van der Waals surface area contributed by atoms with E-state index in [-0.39, 0.29) is 12.1 Å². The van der Waals surface area contributed by atoms with E-state index in [2.05, 4.69) is 22.4 Å². The molecule has 0 aliphatic carbocycles. The molecule has 1 unspecified atom stereocenters. The molecule has 8 heteroatoms. The van der Waals surface area contributed by atoms with Crippen molar-refractivity contribution in [1.29, 1.82) is 0 Å². The van der Waals surface area contributed by atoms with Gasteiger partial charge in [-0.15, -0.1) is 5.10 Å². The van der Waals surface area contributed by atoms with Crippen LogP contribution in [-0.2, 0) is 15.3 Å². The summed E-state index contributed by atoms with van der Waals surface area (Å²) >= 11 is 1.56. The molecule has 1 aliphatic rings. The van der Waals surface area contributed by atoms with Crippen LogP contribution in [0, 0.1) is 0 Å². The van der Waals surface area contributed by atoms with Gasteiger partial charge in [-0.3, -0.25) is 0 Å². The Morgan fingerprint density at radius 2 is 1.88 bits per heavy atom. The highest BCUT2D eigenvalue weighted by Crippen LogP contribution is 2.37. The van der Waals surface area contributed by atoms with Gasteiger partial charge in [-0.2, -0.15) is 4.98 Å². The van der Waals surface area contributed by atoms with Crippen molar-refractivity contribution in [2.75, 3.05) is 11.9 Å². The number of rotatable bonds is 8. The van der Waals surface area contributed by atoms with Crippen LogP contribution in [-0.4, -0.2) is 33.4 Å². The SMILES string of the molecule is CCOC(=O)C1=C(C)Nc2nc(SCc3ccccc3)nn2C1c1ccc(OC(C)C)cc1. The van der Waals surface area contributed by atoms with Gasteiger partial charge in [0.2, 0.25) is 11.1 Å². The summed E-state index contributed by atoms with van der Waals surface area (Å²) in [4.78, 5) is 17.6. The van der Waals surface area contributed by atoms with Gasteiger partial charge in [0.05, 0.1) is 18.3 Å². The molecule has 0 saturated heterocycles. The van der Waals surface area contributed by atoms with Gasteiger partial charge in [0, 0.05) is 11.4 Å². The largest absolute Gasteiger partial charge is 0.491 e. The molecule has 0 fully saturated rings. The van der Waals surface area contributed by atoms with E-state index >= 15 is 0 Å². The summed E-state index contributed by atoms with van der Waals surface area (Å²) in [5, 5.41) is 8.63. The molecule has 1 aromatic heterocycles. The molecular formula is C25H28N4O3S. The number of benzene rings is 2. The summed E-state index contributed by atoms with van der Waals surface area (Å²) in [7, 11) is 0. The van der Waals surface area contributed by atoms with Crippen molar-refractivity contribution >= 4 is 23.7 Å². The number of thioether (sulfide) groups is 1. The fourth-order valence-electron chi connectivity index (χ4n) is 3.70. The molecule has 172 valence electrons. The molecule has 0 bridgehead atoms. The third-order valence-electron chi connectivity index (χ3n) is 5.11. The van der Waals surface area contributed by atoms with Gasteiger partial charge in [0.15, 0.2) is 0 Å². The molecule has 0 radical (unpaired) electrons. The summed E-state index contributed by atoms with van der Waals surface area (Å²) in [5.74, 6) is 1.77. The lowest BCUT2D eigenvalue weighted by molar-refractivity contribution is -0.139. The number of nitrogens with one attached hydrogen (secondary N) is 1. The Hall–Kier alpha value is -3.26. The number of esters is 1. The van der Waals surface area contributed by atoms with Crippen molar-refractivity contribution in [3.8, 4) is 5.75 Å². The minimum absolute atomic E-state index is 0.0816. The van der Waals surface area contributed by atoms with Gasteiger partial charge in [-0.1, -0.05) is 54.2 Å². The van der Waals surface area contributed by atoms with Gasteiger partial charge >= 0.3 is 5.97 Å². The van der Waals surface area contributed by atoms with Gasteiger partial charge in [-0.25, -0.2) is 9.48 Å². The van der Waals surface area contributed by atoms with E-state index in [1.54, 1.807) is 23.4 Å². The van der Waals surface area contributed by atoms with Crippen LogP contribution in [0.3, 0.4) is 0 Å². The molecule has 1 atom stereocenters. The van der Waals surface area contributed by atoms with Gasteiger partial charge in [0.25, 0.3) is 0 Å². The molecule has 33 heavy (non-hydrogen) atoms. The molecule has 7 nitrogen and oxygen atoms in total. The monoisotopic (exact) mass is 464 g/mol. The summed E-state index contributed by atoms with van der Waals surface area (Å²) in [6.07, 6.45) is 0.0816. The minimum atomic E-state index is -0.452. The summed E-state index contributed by atoms with van der Waals surface area (Å²) in [5.41, 5.74) is 3.33. The van der Waals surface area contributed by atoms with E-state index in [4.69, 9.17) is 14.6 Å². The smallest absolute Gasteiger partial charge is 0.338 e. The van der Waals surface area contributed by atoms with Crippen LogP contribution in [0.15, 0.2) is 71.0 Å². The average molecular weight is 465 g/mol. The van der Waals surface area contributed by atoms with E-state index in [9.17, 15) is 4.79 Å². The highest BCUT2D eigenvalue weighted by molar-refractivity contribution is 7.98. The fraction of sp³-hybridized carbons (Fsp3) is 0.320. The molecule has 1 aliphatic heterocycles. The maximum Gasteiger partial charge on any atom is 0.338 e. The van der Waals surface area contributed by atoms with Crippen LogP contribution in [0.1, 0.15) is 44.9 Å². The van der Waals surface area contributed by atoms with E-state index in [0.717, 1.165) is 17.1 Å². The average Bonchev–Trinajstić information content (AvgIpc) is 3.20. The number of hydrogen-bond acceptors (Lipinski definition) is 7. The lowest BCUT2D eigenvalue weighted by atomic mass is 9.96. The summed E-state index contributed by atoms with van der Waals surface area (Å²) in [6, 6.07) is 17.5. The lowest BCUT2D eigenvalue weighted by Crippen LogP contribution is -2.29. The zero-order valence-electron chi connectivity index (χ0n) is 19.2. The first-order valence-corrected chi connectivity index (χ1v) is 12.0. The Bertz CT molecular complexity index is 1140. The quantitative estimate of drug-likeness (QED) is 0.362. The van der Waals surface area contributed by atoms with Gasteiger partial charge < -0.3 is 14.8 Å². The molecule has 0 spiro atoms. The maximum atomic E-state index is 12.9. The summed E-state index contributed by atoms with van der Waals surface area (Å²) < 4.78 is 12.9. The van der Waals surface area contributed by atoms with Crippen molar-refractivity contribution in [2.24, 2.45) is 0 Å². The third-order valence-corrected chi connectivity index (χ3v) is 6.02.